The number of nitrogens with zero attached hydrogens (tertiary/aromatic N) is 1. The number of ketones is 1. The number of carbonyl (C=O) groups excluding carboxylic acids is 1. The van der Waals surface area contributed by atoms with Crippen LogP contribution in [0.1, 0.15) is 17.3 Å². The third kappa shape index (κ3) is 3.06. The quantitative estimate of drug-likeness (QED) is 0.552. The number of fused-ring (bicyclic) bond motifs is 1. The number of rotatable bonds is 4. The third-order valence-corrected chi connectivity index (χ3v) is 4.23. The van der Waals surface area contributed by atoms with Crippen LogP contribution in [0.15, 0.2) is 48.5 Å². The van der Waals surface area contributed by atoms with Crippen molar-refractivity contribution in [3.05, 3.63) is 54.1 Å². The molecule has 0 spiro atoms. The maximum absolute atomic E-state index is 11.8. The van der Waals surface area contributed by atoms with Crippen molar-refractivity contribution in [2.24, 2.45) is 0 Å². The summed E-state index contributed by atoms with van der Waals surface area (Å²) in [5.74, 6) is -0.0665. The zero-order chi connectivity index (χ0) is 14.8. The van der Waals surface area contributed by atoms with Crippen molar-refractivity contribution in [2.75, 3.05) is 5.32 Å². The Morgan fingerprint density at radius 3 is 2.57 bits per heavy atom. The molecule has 0 aliphatic heterocycles. The molecule has 2 aromatic carbocycles. The minimum atomic E-state index is -0.506. The summed E-state index contributed by atoms with van der Waals surface area (Å²) >= 11 is 7.40. The Hall–Kier alpha value is -1.91. The predicted molar refractivity (Wildman–Crippen MR) is 89.0 cm³/mol. The normalized spacial score (nSPS) is 12.3. The molecule has 0 bridgehead atoms. The van der Waals surface area contributed by atoms with Gasteiger partial charge in [-0.2, -0.15) is 0 Å². The Morgan fingerprint density at radius 1 is 1.19 bits per heavy atom. The van der Waals surface area contributed by atoms with Gasteiger partial charge in [0.25, 0.3) is 0 Å². The van der Waals surface area contributed by atoms with E-state index in [2.05, 4.69) is 10.3 Å². The van der Waals surface area contributed by atoms with Crippen LogP contribution in [-0.4, -0.2) is 16.1 Å². The Labute approximate surface area is 131 Å². The molecular weight excluding hydrogens is 304 g/mol. The summed E-state index contributed by atoms with van der Waals surface area (Å²) in [5, 5.41) is 3.58. The Morgan fingerprint density at radius 2 is 1.90 bits per heavy atom. The highest BCUT2D eigenvalue weighted by Gasteiger charge is 2.12. The van der Waals surface area contributed by atoms with Crippen molar-refractivity contribution in [3.63, 3.8) is 0 Å². The highest BCUT2D eigenvalue weighted by Crippen LogP contribution is 2.28. The van der Waals surface area contributed by atoms with Crippen LogP contribution in [0.25, 0.3) is 10.2 Å². The number of hydrogen-bond acceptors (Lipinski definition) is 4. The topological polar surface area (TPSA) is 42.0 Å². The number of halogens is 1. The van der Waals surface area contributed by atoms with Crippen LogP contribution in [0.5, 0.6) is 0 Å². The molecule has 1 N–H and O–H groups in total. The van der Waals surface area contributed by atoms with Crippen molar-refractivity contribution < 1.29 is 4.79 Å². The number of nitrogens with one attached hydrogen (secondary N) is 1. The lowest BCUT2D eigenvalue weighted by Crippen LogP contribution is -2.10. The SMILES string of the molecule is CC(Cl)C(=O)c1ccc(Nc2nc3ccccc3s2)cc1. The van der Waals surface area contributed by atoms with E-state index in [9.17, 15) is 4.79 Å². The molecule has 0 saturated heterocycles. The fourth-order valence-electron chi connectivity index (χ4n) is 2.00. The lowest BCUT2D eigenvalue weighted by atomic mass is 10.1. The van der Waals surface area contributed by atoms with Crippen molar-refractivity contribution in [1.82, 2.24) is 4.98 Å². The molecule has 1 heterocycles. The molecule has 21 heavy (non-hydrogen) atoms. The monoisotopic (exact) mass is 316 g/mol. The van der Waals surface area contributed by atoms with Crippen LogP contribution in [-0.2, 0) is 0 Å². The van der Waals surface area contributed by atoms with E-state index in [0.717, 1.165) is 21.0 Å². The first-order valence-electron chi connectivity index (χ1n) is 6.54. The second-order valence-corrected chi connectivity index (χ2v) is 6.35. The smallest absolute Gasteiger partial charge is 0.188 e. The Bertz CT molecular complexity index is 747. The van der Waals surface area contributed by atoms with E-state index in [1.807, 2.05) is 36.4 Å². The van der Waals surface area contributed by atoms with E-state index in [1.165, 1.54) is 0 Å². The van der Waals surface area contributed by atoms with Gasteiger partial charge in [0.2, 0.25) is 0 Å². The minimum absolute atomic E-state index is 0.0665. The molecule has 5 heteroatoms. The molecule has 0 saturated carbocycles. The largest absolute Gasteiger partial charge is 0.332 e. The van der Waals surface area contributed by atoms with Crippen molar-refractivity contribution in [3.8, 4) is 0 Å². The maximum Gasteiger partial charge on any atom is 0.188 e. The summed E-state index contributed by atoms with van der Waals surface area (Å²) in [6.45, 7) is 1.68. The second kappa shape index (κ2) is 5.84. The minimum Gasteiger partial charge on any atom is -0.332 e. The fourth-order valence-corrected chi connectivity index (χ4v) is 3.01. The number of hydrogen-bond donors (Lipinski definition) is 1. The van der Waals surface area contributed by atoms with E-state index in [-0.39, 0.29) is 5.78 Å². The standard InChI is InChI=1S/C16H13ClN2OS/c1-10(17)15(20)11-6-8-12(9-7-11)18-16-19-13-4-2-3-5-14(13)21-16/h2-10H,1H3,(H,18,19). The first-order valence-corrected chi connectivity index (χ1v) is 7.80. The van der Waals surface area contributed by atoms with Crippen LogP contribution in [0.3, 0.4) is 0 Å². The first kappa shape index (κ1) is 14.0. The average molecular weight is 317 g/mol. The molecule has 1 atom stereocenters. The third-order valence-electron chi connectivity index (χ3n) is 3.08. The van der Waals surface area contributed by atoms with E-state index in [0.29, 0.717) is 5.56 Å². The van der Waals surface area contributed by atoms with Crippen molar-refractivity contribution in [1.29, 1.82) is 0 Å². The first-order chi connectivity index (χ1) is 10.1. The molecular formula is C16H13ClN2OS. The van der Waals surface area contributed by atoms with Gasteiger partial charge in [-0.3, -0.25) is 4.79 Å². The molecule has 1 aromatic heterocycles. The molecule has 3 nitrogen and oxygen atoms in total. The summed E-state index contributed by atoms with van der Waals surface area (Å²) in [5.41, 5.74) is 2.49. The van der Waals surface area contributed by atoms with Gasteiger partial charge in [0, 0.05) is 11.3 Å². The lowest BCUT2D eigenvalue weighted by molar-refractivity contribution is 0.0992. The number of anilines is 2. The highest BCUT2D eigenvalue weighted by atomic mass is 35.5. The van der Waals surface area contributed by atoms with E-state index < -0.39 is 5.38 Å². The predicted octanol–water partition coefficient (Wildman–Crippen LogP) is 4.85. The zero-order valence-corrected chi connectivity index (χ0v) is 12.9. The number of thiazole rings is 1. The molecule has 0 radical (unpaired) electrons. The molecule has 3 rings (SSSR count). The van der Waals surface area contributed by atoms with E-state index in [1.54, 1.807) is 30.4 Å². The zero-order valence-electron chi connectivity index (χ0n) is 11.3. The summed E-state index contributed by atoms with van der Waals surface area (Å²) in [7, 11) is 0. The van der Waals surface area contributed by atoms with Crippen LogP contribution < -0.4 is 5.32 Å². The molecule has 0 amide bonds. The number of alkyl halides is 1. The van der Waals surface area contributed by atoms with E-state index >= 15 is 0 Å². The maximum atomic E-state index is 11.8. The summed E-state index contributed by atoms with van der Waals surface area (Å²) < 4.78 is 1.14. The second-order valence-electron chi connectivity index (χ2n) is 4.67. The van der Waals surface area contributed by atoms with Crippen molar-refractivity contribution >= 4 is 49.8 Å². The Balaban J connectivity index is 1.80. The van der Waals surface area contributed by atoms with Crippen LogP contribution >= 0.6 is 22.9 Å². The molecule has 1 unspecified atom stereocenters. The lowest BCUT2D eigenvalue weighted by Gasteiger charge is -2.05. The molecule has 3 aromatic rings. The number of para-hydroxylation sites is 1. The van der Waals surface area contributed by atoms with Gasteiger partial charge < -0.3 is 5.32 Å². The van der Waals surface area contributed by atoms with Gasteiger partial charge in [-0.05, 0) is 43.3 Å². The highest BCUT2D eigenvalue weighted by molar-refractivity contribution is 7.22. The summed E-state index contributed by atoms with van der Waals surface area (Å²) in [4.78, 5) is 16.3. The van der Waals surface area contributed by atoms with Crippen LogP contribution in [0, 0.1) is 0 Å². The van der Waals surface area contributed by atoms with Gasteiger partial charge in [0.1, 0.15) is 0 Å². The van der Waals surface area contributed by atoms with Crippen LogP contribution in [0.4, 0.5) is 10.8 Å². The molecule has 0 fully saturated rings. The van der Waals surface area contributed by atoms with Gasteiger partial charge in [0.05, 0.1) is 15.6 Å². The van der Waals surface area contributed by atoms with E-state index in [4.69, 9.17) is 11.6 Å². The number of aromatic nitrogens is 1. The van der Waals surface area contributed by atoms with Gasteiger partial charge in [-0.15, -0.1) is 11.6 Å². The van der Waals surface area contributed by atoms with Gasteiger partial charge in [-0.1, -0.05) is 23.5 Å². The molecule has 106 valence electrons. The van der Waals surface area contributed by atoms with Gasteiger partial charge >= 0.3 is 0 Å². The fraction of sp³-hybridized carbons (Fsp3) is 0.125. The molecule has 0 aliphatic carbocycles. The van der Waals surface area contributed by atoms with Crippen molar-refractivity contribution in [2.45, 2.75) is 12.3 Å². The average Bonchev–Trinajstić information content (AvgIpc) is 2.89. The van der Waals surface area contributed by atoms with Gasteiger partial charge in [0.15, 0.2) is 10.9 Å². The number of benzene rings is 2. The Kier molecular flexibility index (Phi) is 3.90. The summed E-state index contributed by atoms with van der Waals surface area (Å²) in [6.07, 6.45) is 0. The van der Waals surface area contributed by atoms with Crippen LogP contribution in [0.2, 0.25) is 0 Å². The summed E-state index contributed by atoms with van der Waals surface area (Å²) in [6, 6.07) is 15.3. The number of Topliss-reactive ketones (excluding diaryl/α,β-unsaturated/α-hetero) is 1. The number of carbonyl (C=O) groups is 1. The molecule has 0 aliphatic rings. The van der Waals surface area contributed by atoms with Gasteiger partial charge in [-0.25, -0.2) is 4.98 Å².